The van der Waals surface area contributed by atoms with E-state index in [1.165, 1.54) is 11.8 Å². The molecule has 0 atom stereocenters. The second-order valence-electron chi connectivity index (χ2n) is 7.85. The number of aromatic nitrogens is 6. The summed E-state index contributed by atoms with van der Waals surface area (Å²) >= 11 is 1.18. The number of nitrogens with zero attached hydrogens (tertiary/aromatic N) is 5. The van der Waals surface area contributed by atoms with Gasteiger partial charge in [-0.05, 0) is 32.6 Å². The van der Waals surface area contributed by atoms with Gasteiger partial charge in [0.25, 0.3) is 5.56 Å². The summed E-state index contributed by atoms with van der Waals surface area (Å²) in [5.74, 6) is 1.34. The molecule has 0 spiro atoms. The maximum Gasteiger partial charge on any atom is 0.330 e. The highest BCUT2D eigenvalue weighted by atomic mass is 32.2. The van der Waals surface area contributed by atoms with Gasteiger partial charge in [0.2, 0.25) is 5.91 Å². The Morgan fingerprint density at radius 2 is 2.03 bits per heavy atom. The van der Waals surface area contributed by atoms with Crippen LogP contribution in [0.1, 0.15) is 49.2 Å². The average Bonchev–Trinajstić information content (AvgIpc) is 3.59. The summed E-state index contributed by atoms with van der Waals surface area (Å²) in [5.41, 5.74) is 0.240. The molecule has 2 N–H and O–H groups in total. The molecule has 0 saturated heterocycles. The van der Waals surface area contributed by atoms with E-state index in [4.69, 9.17) is 0 Å². The highest BCUT2D eigenvalue weighted by Gasteiger charge is 2.32. The number of H-pyrrole nitrogens is 1. The predicted octanol–water partition coefficient (Wildman–Crippen LogP) is 1.46. The molecule has 3 aromatic heterocycles. The van der Waals surface area contributed by atoms with Gasteiger partial charge in [-0.15, -0.1) is 0 Å². The van der Waals surface area contributed by atoms with Crippen molar-refractivity contribution in [3.8, 4) is 0 Å². The van der Waals surface area contributed by atoms with Crippen LogP contribution in [0.25, 0.3) is 11.0 Å². The highest BCUT2D eigenvalue weighted by molar-refractivity contribution is 8.00. The summed E-state index contributed by atoms with van der Waals surface area (Å²) in [6, 6.07) is 1.85. The molecule has 2 saturated carbocycles. The molecule has 5 rings (SSSR count). The number of aromatic amines is 1. The van der Waals surface area contributed by atoms with Crippen LogP contribution in [0, 0.1) is 6.92 Å². The number of nitrogens with one attached hydrogen (secondary N) is 2. The summed E-state index contributed by atoms with van der Waals surface area (Å²) < 4.78 is 3.18. The van der Waals surface area contributed by atoms with E-state index in [1.807, 2.05) is 6.92 Å². The van der Waals surface area contributed by atoms with E-state index < -0.39 is 11.2 Å². The van der Waals surface area contributed by atoms with Crippen molar-refractivity contribution in [3.05, 3.63) is 38.4 Å². The third-order valence-corrected chi connectivity index (χ3v) is 6.21. The third-order valence-electron chi connectivity index (χ3n) is 5.23. The van der Waals surface area contributed by atoms with Gasteiger partial charge in [-0.25, -0.2) is 14.8 Å². The van der Waals surface area contributed by atoms with Gasteiger partial charge in [-0.3, -0.25) is 23.8 Å². The minimum atomic E-state index is -0.514. The highest BCUT2D eigenvalue weighted by Crippen LogP contribution is 2.40. The number of thioether (sulfide) groups is 1. The molecular weight excluding hydrogens is 406 g/mol. The zero-order valence-electron chi connectivity index (χ0n) is 16.6. The van der Waals surface area contributed by atoms with Gasteiger partial charge in [0, 0.05) is 25.1 Å². The molecule has 2 fully saturated rings. The lowest BCUT2D eigenvalue weighted by atomic mass is 10.3. The number of carbonyl (C=O) groups is 1. The predicted molar refractivity (Wildman–Crippen MR) is 112 cm³/mol. The molecule has 2 aliphatic rings. The summed E-state index contributed by atoms with van der Waals surface area (Å²) in [5, 5.41) is 7.75. The van der Waals surface area contributed by atoms with Crippen molar-refractivity contribution < 1.29 is 4.79 Å². The molecule has 10 nitrogen and oxygen atoms in total. The van der Waals surface area contributed by atoms with Crippen molar-refractivity contribution in [2.45, 2.75) is 49.6 Å². The number of fused-ring (bicyclic) bond motifs is 1. The van der Waals surface area contributed by atoms with Gasteiger partial charge < -0.3 is 5.32 Å². The fourth-order valence-electron chi connectivity index (χ4n) is 3.47. The Bertz CT molecular complexity index is 1280. The second-order valence-corrected chi connectivity index (χ2v) is 8.82. The first kappa shape index (κ1) is 19.0. The van der Waals surface area contributed by atoms with Crippen LogP contribution in [0.2, 0.25) is 0 Å². The minimum Gasteiger partial charge on any atom is -0.310 e. The molecule has 1 amide bonds. The van der Waals surface area contributed by atoms with Crippen LogP contribution in [0.5, 0.6) is 0 Å². The Morgan fingerprint density at radius 3 is 2.67 bits per heavy atom. The molecule has 2 aliphatic carbocycles. The summed E-state index contributed by atoms with van der Waals surface area (Å²) in [6.45, 7) is 1.85. The van der Waals surface area contributed by atoms with E-state index in [2.05, 4.69) is 25.4 Å². The van der Waals surface area contributed by atoms with Crippen molar-refractivity contribution in [1.82, 2.24) is 29.3 Å². The normalized spacial score (nSPS) is 16.2. The van der Waals surface area contributed by atoms with Crippen molar-refractivity contribution in [1.29, 1.82) is 0 Å². The van der Waals surface area contributed by atoms with E-state index in [1.54, 1.807) is 22.4 Å². The molecule has 0 radical (unpaired) electrons. The number of carbonyl (C=O) groups excluding carboxylic acids is 1. The first-order valence-electron chi connectivity index (χ1n) is 9.90. The number of hydrogen-bond donors (Lipinski definition) is 2. The first-order chi connectivity index (χ1) is 14.4. The van der Waals surface area contributed by atoms with Gasteiger partial charge in [0.1, 0.15) is 22.1 Å². The standard InChI is InChI=1S/C19H21N7O3S/c1-9-7-12(25(2)24-9)20-13(27)8-30-18-14-16(21-15(22-18)10-3-4-10)26(11-5-6-11)19(29)23-17(14)28/h7,10-11H,3-6,8H2,1-2H3,(H,20,27)(H,23,28,29). The molecule has 3 aromatic rings. The average molecular weight is 427 g/mol. The van der Waals surface area contributed by atoms with Crippen LogP contribution < -0.4 is 16.6 Å². The van der Waals surface area contributed by atoms with E-state index in [-0.39, 0.29) is 29.0 Å². The molecule has 156 valence electrons. The Morgan fingerprint density at radius 1 is 1.27 bits per heavy atom. The van der Waals surface area contributed by atoms with Crippen molar-refractivity contribution in [2.24, 2.45) is 7.05 Å². The van der Waals surface area contributed by atoms with Gasteiger partial charge in [-0.2, -0.15) is 5.10 Å². The monoisotopic (exact) mass is 427 g/mol. The Balaban J connectivity index is 1.49. The molecule has 11 heteroatoms. The molecular formula is C19H21N7O3S. The molecule has 0 aromatic carbocycles. The molecule has 0 aliphatic heterocycles. The first-order valence-corrected chi connectivity index (χ1v) is 10.9. The van der Waals surface area contributed by atoms with Crippen molar-refractivity contribution in [3.63, 3.8) is 0 Å². The molecule has 30 heavy (non-hydrogen) atoms. The topological polar surface area (TPSA) is 128 Å². The Kier molecular flexibility index (Phi) is 4.49. The van der Waals surface area contributed by atoms with E-state index in [9.17, 15) is 14.4 Å². The van der Waals surface area contributed by atoms with Gasteiger partial charge in [0.05, 0.1) is 11.4 Å². The number of hydrogen-bond acceptors (Lipinski definition) is 7. The zero-order valence-corrected chi connectivity index (χ0v) is 17.5. The largest absolute Gasteiger partial charge is 0.330 e. The summed E-state index contributed by atoms with van der Waals surface area (Å²) in [4.78, 5) is 49.1. The molecule has 0 unspecified atom stereocenters. The smallest absolute Gasteiger partial charge is 0.310 e. The lowest BCUT2D eigenvalue weighted by Gasteiger charge is -2.12. The number of anilines is 1. The van der Waals surface area contributed by atoms with Crippen LogP contribution in [0.3, 0.4) is 0 Å². The van der Waals surface area contributed by atoms with Crippen LogP contribution in [-0.4, -0.2) is 41.0 Å². The van der Waals surface area contributed by atoms with E-state index in [0.29, 0.717) is 22.3 Å². The van der Waals surface area contributed by atoms with Gasteiger partial charge >= 0.3 is 5.69 Å². The molecule has 3 heterocycles. The van der Waals surface area contributed by atoms with Crippen LogP contribution in [0.4, 0.5) is 5.82 Å². The van der Waals surface area contributed by atoms with Gasteiger partial charge in [0.15, 0.2) is 5.65 Å². The maximum atomic E-state index is 12.6. The van der Waals surface area contributed by atoms with Gasteiger partial charge in [-0.1, -0.05) is 11.8 Å². The van der Waals surface area contributed by atoms with E-state index in [0.717, 1.165) is 31.4 Å². The Hall–Kier alpha value is -2.95. The van der Waals surface area contributed by atoms with Crippen LogP contribution >= 0.6 is 11.8 Å². The maximum absolute atomic E-state index is 12.6. The number of amides is 1. The van der Waals surface area contributed by atoms with Crippen molar-refractivity contribution in [2.75, 3.05) is 11.1 Å². The van der Waals surface area contributed by atoms with Crippen LogP contribution in [-0.2, 0) is 11.8 Å². The lowest BCUT2D eigenvalue weighted by Crippen LogP contribution is -2.31. The fraction of sp³-hybridized carbons (Fsp3) is 0.474. The number of rotatable bonds is 6. The minimum absolute atomic E-state index is 0.0630. The quantitative estimate of drug-likeness (QED) is 0.450. The van der Waals surface area contributed by atoms with Crippen LogP contribution in [0.15, 0.2) is 20.7 Å². The lowest BCUT2D eigenvalue weighted by molar-refractivity contribution is -0.113. The Labute approximate surface area is 175 Å². The molecule has 0 bridgehead atoms. The van der Waals surface area contributed by atoms with Crippen molar-refractivity contribution >= 4 is 34.5 Å². The summed E-state index contributed by atoms with van der Waals surface area (Å²) in [7, 11) is 1.76. The second kappa shape index (κ2) is 7.08. The third kappa shape index (κ3) is 3.53. The summed E-state index contributed by atoms with van der Waals surface area (Å²) in [6.07, 6.45) is 3.76. The fourth-order valence-corrected chi connectivity index (χ4v) is 4.30. The van der Waals surface area contributed by atoms with E-state index >= 15 is 0 Å². The SMILES string of the molecule is Cc1cc(NC(=O)CSc2nc(C3CC3)nc3c2c(=O)[nH]c(=O)n3C2CC2)n(C)n1. The zero-order chi connectivity index (χ0) is 21.0. The number of aryl methyl sites for hydroxylation is 2.